The molecule has 0 amide bonds. The second kappa shape index (κ2) is 7.58. The number of nitrogens with two attached hydrogens (primary N) is 1. The molecule has 0 saturated heterocycles. The number of benzene rings is 2. The monoisotopic (exact) mass is 351 g/mol. The molecule has 0 aliphatic heterocycles. The van der Waals surface area contributed by atoms with Crippen LogP contribution in [0.25, 0.3) is 0 Å². The Hall–Kier alpha value is -1.85. The first-order valence-electron chi connectivity index (χ1n) is 8.30. The van der Waals surface area contributed by atoms with Gasteiger partial charge in [0.05, 0.1) is 23.8 Å². The first-order chi connectivity index (χ1) is 11.7. The summed E-state index contributed by atoms with van der Waals surface area (Å²) in [5.41, 5.74) is 7.14. The Morgan fingerprint density at radius 2 is 1.68 bits per heavy atom. The molecular weight excluding hydrogens is 327 g/mol. The molecule has 0 fully saturated rings. The van der Waals surface area contributed by atoms with E-state index < -0.39 is 23.4 Å². The summed E-state index contributed by atoms with van der Waals surface area (Å²) >= 11 is 0. The lowest BCUT2D eigenvalue weighted by atomic mass is 9.89. The molecule has 0 aliphatic carbocycles. The van der Waals surface area contributed by atoms with E-state index in [2.05, 4.69) is 0 Å². The number of alkyl halides is 3. The predicted octanol–water partition coefficient (Wildman–Crippen LogP) is 5.36. The number of aryl methyl sites for hydroxylation is 1. The zero-order valence-corrected chi connectivity index (χ0v) is 14.7. The van der Waals surface area contributed by atoms with Gasteiger partial charge in [-0.2, -0.15) is 13.2 Å². The van der Waals surface area contributed by atoms with Crippen molar-refractivity contribution in [3.63, 3.8) is 0 Å². The van der Waals surface area contributed by atoms with E-state index in [1.165, 1.54) is 0 Å². The molecule has 2 aromatic carbocycles. The van der Waals surface area contributed by atoms with Crippen molar-refractivity contribution in [3.05, 3.63) is 70.8 Å². The number of ether oxygens (including phenoxy) is 1. The van der Waals surface area contributed by atoms with Crippen molar-refractivity contribution in [2.75, 3.05) is 6.61 Å². The molecule has 0 bridgehead atoms. The van der Waals surface area contributed by atoms with Crippen LogP contribution in [0.3, 0.4) is 0 Å². The van der Waals surface area contributed by atoms with Crippen molar-refractivity contribution in [1.29, 1.82) is 0 Å². The van der Waals surface area contributed by atoms with Gasteiger partial charge in [-0.3, -0.25) is 0 Å². The third-order valence-electron chi connectivity index (χ3n) is 4.47. The van der Waals surface area contributed by atoms with Gasteiger partial charge in [-0.25, -0.2) is 0 Å². The van der Waals surface area contributed by atoms with Crippen LogP contribution >= 0.6 is 0 Å². The quantitative estimate of drug-likeness (QED) is 0.761. The predicted molar refractivity (Wildman–Crippen MR) is 93.1 cm³/mol. The Labute approximate surface area is 146 Å². The van der Waals surface area contributed by atoms with Gasteiger partial charge in [-0.15, -0.1) is 0 Å². The fourth-order valence-electron chi connectivity index (χ4n) is 2.74. The maximum absolute atomic E-state index is 13.0. The van der Waals surface area contributed by atoms with Crippen molar-refractivity contribution < 1.29 is 17.9 Å². The molecule has 25 heavy (non-hydrogen) atoms. The Kier molecular flexibility index (Phi) is 5.91. The van der Waals surface area contributed by atoms with Gasteiger partial charge in [0, 0.05) is 0 Å². The van der Waals surface area contributed by atoms with Crippen molar-refractivity contribution >= 4 is 0 Å². The standard InChI is InChI=1S/C20H24F3NO/c1-4-19(24,17-8-6-5-7-9-17)13-25-15(3)16-10-14(2)11-18(12-16)20(21,22)23/h5-12,15H,4,13,24H2,1-3H3/t15-,19-/m1/s1. The number of rotatable bonds is 6. The molecule has 0 radical (unpaired) electrons. The molecule has 2 N–H and O–H groups in total. The minimum absolute atomic E-state index is 0.226. The van der Waals surface area contributed by atoms with Crippen LogP contribution in [0.5, 0.6) is 0 Å². The van der Waals surface area contributed by atoms with Gasteiger partial charge in [0.25, 0.3) is 0 Å². The Bertz CT molecular complexity index is 700. The van der Waals surface area contributed by atoms with Crippen molar-refractivity contribution in [2.24, 2.45) is 5.73 Å². The van der Waals surface area contributed by atoms with Crippen molar-refractivity contribution in [1.82, 2.24) is 0 Å². The highest BCUT2D eigenvalue weighted by Gasteiger charge is 2.32. The SMILES string of the molecule is CC[C@@](N)(CO[C@H](C)c1cc(C)cc(C(F)(F)F)c1)c1ccccc1. The fourth-order valence-corrected chi connectivity index (χ4v) is 2.74. The van der Waals surface area contributed by atoms with Crippen LogP contribution in [0, 0.1) is 6.92 Å². The van der Waals surface area contributed by atoms with Gasteiger partial charge in [-0.05, 0) is 43.5 Å². The first kappa shape index (κ1) is 19.5. The maximum atomic E-state index is 13.0. The van der Waals surface area contributed by atoms with Crippen LogP contribution in [0.15, 0.2) is 48.5 Å². The van der Waals surface area contributed by atoms with E-state index >= 15 is 0 Å². The van der Waals surface area contributed by atoms with E-state index in [1.54, 1.807) is 19.9 Å². The molecule has 2 atom stereocenters. The highest BCUT2D eigenvalue weighted by Crippen LogP contribution is 2.33. The summed E-state index contributed by atoms with van der Waals surface area (Å²) in [4.78, 5) is 0. The highest BCUT2D eigenvalue weighted by atomic mass is 19.4. The summed E-state index contributed by atoms with van der Waals surface area (Å²) in [6.45, 7) is 5.59. The number of hydrogen-bond acceptors (Lipinski definition) is 2. The normalized spacial score (nSPS) is 15.6. The zero-order chi connectivity index (χ0) is 18.7. The van der Waals surface area contributed by atoms with Gasteiger partial charge >= 0.3 is 6.18 Å². The van der Waals surface area contributed by atoms with Crippen molar-refractivity contribution in [2.45, 2.75) is 45.0 Å². The molecule has 0 saturated carbocycles. The molecule has 0 spiro atoms. The second-order valence-corrected chi connectivity index (χ2v) is 6.46. The average molecular weight is 351 g/mol. The summed E-state index contributed by atoms with van der Waals surface area (Å²) < 4.78 is 44.9. The summed E-state index contributed by atoms with van der Waals surface area (Å²) in [6.07, 6.45) is -4.20. The lowest BCUT2D eigenvalue weighted by Crippen LogP contribution is -2.41. The second-order valence-electron chi connectivity index (χ2n) is 6.46. The minimum atomic E-state index is -4.37. The molecule has 2 aromatic rings. The van der Waals surface area contributed by atoms with Gasteiger partial charge in [0.2, 0.25) is 0 Å². The zero-order valence-electron chi connectivity index (χ0n) is 14.7. The van der Waals surface area contributed by atoms with Crippen LogP contribution in [0.1, 0.15) is 48.6 Å². The van der Waals surface area contributed by atoms with Crippen LogP contribution < -0.4 is 5.73 Å². The summed E-state index contributed by atoms with van der Waals surface area (Å²) in [6, 6.07) is 13.6. The van der Waals surface area contributed by atoms with E-state index in [4.69, 9.17) is 10.5 Å². The molecule has 2 nitrogen and oxygen atoms in total. The molecule has 0 heterocycles. The van der Waals surface area contributed by atoms with Crippen molar-refractivity contribution in [3.8, 4) is 0 Å². The van der Waals surface area contributed by atoms with Crippen LogP contribution in [0.4, 0.5) is 13.2 Å². The maximum Gasteiger partial charge on any atom is 0.416 e. The van der Waals surface area contributed by atoms with E-state index in [1.807, 2.05) is 37.3 Å². The molecule has 136 valence electrons. The van der Waals surface area contributed by atoms with Gasteiger partial charge in [0.15, 0.2) is 0 Å². The molecule has 0 aliphatic rings. The summed E-state index contributed by atoms with van der Waals surface area (Å²) in [5, 5.41) is 0. The van der Waals surface area contributed by atoms with E-state index in [0.29, 0.717) is 17.5 Å². The third-order valence-corrected chi connectivity index (χ3v) is 4.47. The lowest BCUT2D eigenvalue weighted by molar-refractivity contribution is -0.137. The third kappa shape index (κ3) is 4.83. The molecule has 0 unspecified atom stereocenters. The van der Waals surface area contributed by atoms with Gasteiger partial charge in [-0.1, -0.05) is 48.9 Å². The van der Waals surface area contributed by atoms with Crippen LogP contribution in [-0.2, 0) is 16.5 Å². The minimum Gasteiger partial charge on any atom is -0.372 e. The smallest absolute Gasteiger partial charge is 0.372 e. The number of hydrogen-bond donors (Lipinski definition) is 1. The largest absolute Gasteiger partial charge is 0.416 e. The average Bonchev–Trinajstić information content (AvgIpc) is 2.58. The van der Waals surface area contributed by atoms with Crippen LogP contribution in [0.2, 0.25) is 0 Å². The summed E-state index contributed by atoms with van der Waals surface area (Å²) in [5.74, 6) is 0. The molecule has 0 aromatic heterocycles. The highest BCUT2D eigenvalue weighted by molar-refractivity contribution is 5.32. The first-order valence-corrected chi connectivity index (χ1v) is 8.30. The molecule has 2 rings (SSSR count). The Morgan fingerprint density at radius 1 is 1.04 bits per heavy atom. The van der Waals surface area contributed by atoms with E-state index in [0.717, 1.165) is 17.7 Å². The topological polar surface area (TPSA) is 35.2 Å². The van der Waals surface area contributed by atoms with E-state index in [9.17, 15) is 13.2 Å². The van der Waals surface area contributed by atoms with Crippen LogP contribution in [-0.4, -0.2) is 6.61 Å². The van der Waals surface area contributed by atoms with Gasteiger partial charge in [0.1, 0.15) is 0 Å². The molecule has 5 heteroatoms. The summed E-state index contributed by atoms with van der Waals surface area (Å²) in [7, 11) is 0. The Morgan fingerprint density at radius 3 is 2.24 bits per heavy atom. The fraction of sp³-hybridized carbons (Fsp3) is 0.400. The van der Waals surface area contributed by atoms with Gasteiger partial charge < -0.3 is 10.5 Å². The Balaban J connectivity index is 2.17. The molecular formula is C20H24F3NO. The van der Waals surface area contributed by atoms with E-state index in [-0.39, 0.29) is 6.61 Å². The number of halogens is 3. The lowest BCUT2D eigenvalue weighted by Gasteiger charge is -2.30.